The Labute approximate surface area is 200 Å². The lowest BCUT2D eigenvalue weighted by Gasteiger charge is -2.30. The zero-order valence-electron chi connectivity index (χ0n) is 22.2. The molecular formula is C30H37BO2. The summed E-state index contributed by atoms with van der Waals surface area (Å²) in [6, 6.07) is 6.83. The van der Waals surface area contributed by atoms with Crippen molar-refractivity contribution in [1.82, 2.24) is 0 Å². The summed E-state index contributed by atoms with van der Waals surface area (Å²) in [7, 11) is 0. The number of carbonyl (C=O) groups is 1. The van der Waals surface area contributed by atoms with Gasteiger partial charge in [0.25, 0.3) is 0 Å². The molecule has 33 heavy (non-hydrogen) atoms. The van der Waals surface area contributed by atoms with E-state index in [0.29, 0.717) is 5.56 Å². The minimum atomic E-state index is -0.847. The molecular weight excluding hydrogens is 403 g/mol. The fourth-order valence-electron chi connectivity index (χ4n) is 5.86. The molecule has 0 saturated heterocycles. The van der Waals surface area contributed by atoms with Crippen molar-refractivity contribution in [2.45, 2.75) is 76.2 Å². The molecule has 0 spiro atoms. The van der Waals surface area contributed by atoms with Gasteiger partial charge >= 0.3 is 5.97 Å². The summed E-state index contributed by atoms with van der Waals surface area (Å²) in [4.78, 5) is 12.1. The van der Waals surface area contributed by atoms with Crippen LogP contribution in [-0.4, -0.2) is 17.8 Å². The van der Waals surface area contributed by atoms with Crippen LogP contribution in [-0.2, 0) is 0 Å². The Hall–Kier alpha value is -2.81. The molecule has 0 heterocycles. The van der Waals surface area contributed by atoms with Crippen molar-refractivity contribution < 1.29 is 9.90 Å². The highest BCUT2D eigenvalue weighted by Crippen LogP contribution is 2.23. The van der Waals surface area contributed by atoms with Crippen LogP contribution in [0.5, 0.6) is 0 Å². The van der Waals surface area contributed by atoms with Gasteiger partial charge in [0, 0.05) is 0 Å². The average Bonchev–Trinajstić information content (AvgIpc) is 2.70. The Kier molecular flexibility index (Phi) is 6.66. The Morgan fingerprint density at radius 1 is 0.545 bits per heavy atom. The molecule has 3 aromatic carbocycles. The van der Waals surface area contributed by atoms with Crippen LogP contribution in [0.4, 0.5) is 0 Å². The molecule has 0 bridgehead atoms. The lowest BCUT2D eigenvalue weighted by Crippen LogP contribution is -2.58. The number of aromatic carboxylic acids is 1. The van der Waals surface area contributed by atoms with Crippen LogP contribution in [0.25, 0.3) is 0 Å². The van der Waals surface area contributed by atoms with Crippen molar-refractivity contribution in [3.63, 3.8) is 0 Å². The number of aryl methyl sites for hydroxylation is 5. The predicted octanol–water partition coefficient (Wildman–Crippen LogP) is 5.29. The smallest absolute Gasteiger partial charge is 0.336 e. The van der Waals surface area contributed by atoms with Gasteiger partial charge in [0.05, 0.1) is 5.56 Å². The summed E-state index contributed by atoms with van der Waals surface area (Å²) in [5, 5.41) is 9.94. The lowest BCUT2D eigenvalue weighted by atomic mass is 9.32. The number of hydrogen-bond donors (Lipinski definition) is 1. The fourth-order valence-corrected chi connectivity index (χ4v) is 5.86. The average molecular weight is 440 g/mol. The molecule has 0 aliphatic heterocycles. The van der Waals surface area contributed by atoms with Gasteiger partial charge in [-0.25, -0.2) is 4.79 Å². The third-order valence-corrected chi connectivity index (χ3v) is 7.92. The Bertz CT molecular complexity index is 1220. The minimum Gasteiger partial charge on any atom is -0.478 e. The highest BCUT2D eigenvalue weighted by atomic mass is 16.4. The van der Waals surface area contributed by atoms with E-state index < -0.39 is 5.97 Å². The van der Waals surface area contributed by atoms with Gasteiger partial charge in [-0.2, -0.15) is 0 Å². The molecule has 0 aliphatic carbocycles. The van der Waals surface area contributed by atoms with Gasteiger partial charge in [0.1, 0.15) is 0 Å². The van der Waals surface area contributed by atoms with Crippen molar-refractivity contribution in [3.8, 4) is 0 Å². The minimum absolute atomic E-state index is 0.0458. The molecule has 0 saturated carbocycles. The van der Waals surface area contributed by atoms with Gasteiger partial charge in [-0.15, -0.1) is 0 Å². The first-order chi connectivity index (χ1) is 15.3. The normalized spacial score (nSPS) is 11.1. The Morgan fingerprint density at radius 2 is 0.939 bits per heavy atom. The second kappa shape index (κ2) is 8.86. The van der Waals surface area contributed by atoms with Gasteiger partial charge < -0.3 is 5.11 Å². The Morgan fingerprint density at radius 3 is 1.33 bits per heavy atom. The van der Waals surface area contributed by atoms with Crippen LogP contribution in [0.3, 0.4) is 0 Å². The summed E-state index contributed by atoms with van der Waals surface area (Å²) in [6.45, 7) is 23.6. The maximum atomic E-state index is 12.1. The molecule has 3 aromatic rings. The van der Waals surface area contributed by atoms with Crippen LogP contribution >= 0.6 is 0 Å². The number of hydrogen-bond acceptors (Lipinski definition) is 1. The molecule has 0 aliphatic rings. The lowest BCUT2D eigenvalue weighted by molar-refractivity contribution is 0.0695. The zero-order chi connectivity index (χ0) is 24.9. The first kappa shape index (κ1) is 24.8. The highest BCUT2D eigenvalue weighted by molar-refractivity contribution is 6.97. The van der Waals surface area contributed by atoms with Crippen LogP contribution in [0.2, 0.25) is 0 Å². The molecule has 0 unspecified atom stereocenters. The fraction of sp³-hybridized carbons (Fsp3) is 0.367. The van der Waals surface area contributed by atoms with Crippen molar-refractivity contribution in [3.05, 3.63) is 85.0 Å². The standard InChI is InChI=1S/C30H37BO2/c1-15-12-18(4)27(19(5)13-15)31(28-20(6)16(2)14-17(3)21(28)7)29-24(10)22(8)26(30(32)33)23(9)25(29)11/h12-14H,1-11H3,(H,32,33). The number of rotatable bonds is 4. The molecule has 0 amide bonds. The van der Waals surface area contributed by atoms with E-state index in [9.17, 15) is 9.90 Å². The summed E-state index contributed by atoms with van der Waals surface area (Å²) in [6.07, 6.45) is 0. The first-order valence-electron chi connectivity index (χ1n) is 11.8. The third-order valence-electron chi connectivity index (χ3n) is 7.92. The Balaban J connectivity index is 2.59. The van der Waals surface area contributed by atoms with E-state index in [1.165, 1.54) is 55.3 Å². The molecule has 0 aromatic heterocycles. The van der Waals surface area contributed by atoms with Crippen LogP contribution < -0.4 is 16.4 Å². The van der Waals surface area contributed by atoms with Crippen molar-refractivity contribution in [2.75, 3.05) is 0 Å². The molecule has 0 fully saturated rings. The van der Waals surface area contributed by atoms with E-state index in [1.807, 2.05) is 13.8 Å². The summed E-state index contributed by atoms with van der Waals surface area (Å²) in [5.74, 6) is -0.847. The van der Waals surface area contributed by atoms with Gasteiger partial charge in [0.2, 0.25) is 6.71 Å². The summed E-state index contributed by atoms with van der Waals surface area (Å²) in [5.41, 5.74) is 17.4. The molecule has 0 atom stereocenters. The maximum Gasteiger partial charge on any atom is 0.336 e. The van der Waals surface area contributed by atoms with Gasteiger partial charge in [-0.05, 0) is 98.4 Å². The van der Waals surface area contributed by atoms with E-state index in [4.69, 9.17) is 0 Å². The van der Waals surface area contributed by atoms with Gasteiger partial charge in [0.15, 0.2) is 0 Å². The molecule has 3 heteroatoms. The van der Waals surface area contributed by atoms with E-state index in [2.05, 4.69) is 80.5 Å². The van der Waals surface area contributed by atoms with Crippen LogP contribution in [0.1, 0.15) is 71.6 Å². The van der Waals surface area contributed by atoms with E-state index in [1.54, 1.807) is 0 Å². The van der Waals surface area contributed by atoms with Crippen LogP contribution in [0.15, 0.2) is 18.2 Å². The van der Waals surface area contributed by atoms with Gasteiger partial charge in [-0.1, -0.05) is 73.5 Å². The van der Waals surface area contributed by atoms with Crippen molar-refractivity contribution in [1.29, 1.82) is 0 Å². The second-order valence-corrected chi connectivity index (χ2v) is 10.0. The monoisotopic (exact) mass is 440 g/mol. The predicted molar refractivity (Wildman–Crippen MR) is 143 cm³/mol. The number of carboxylic acid groups (broad SMARTS) is 1. The quantitative estimate of drug-likeness (QED) is 0.560. The molecule has 1 N–H and O–H groups in total. The largest absolute Gasteiger partial charge is 0.478 e. The molecule has 0 radical (unpaired) electrons. The second-order valence-electron chi connectivity index (χ2n) is 10.0. The maximum absolute atomic E-state index is 12.1. The SMILES string of the molecule is Cc1cc(C)c(B(c2c(C)c(C)cc(C)c2C)c2c(C)c(C)c(C(=O)O)c(C)c2C)c(C)c1. The zero-order valence-corrected chi connectivity index (χ0v) is 22.2. The van der Waals surface area contributed by atoms with Crippen LogP contribution in [0, 0.1) is 76.2 Å². The molecule has 172 valence electrons. The van der Waals surface area contributed by atoms with Crippen molar-refractivity contribution in [2.24, 2.45) is 0 Å². The van der Waals surface area contributed by atoms with Gasteiger partial charge in [-0.3, -0.25) is 0 Å². The topological polar surface area (TPSA) is 37.3 Å². The van der Waals surface area contributed by atoms with Crippen molar-refractivity contribution >= 4 is 29.1 Å². The summed E-state index contributed by atoms with van der Waals surface area (Å²) >= 11 is 0. The molecule has 2 nitrogen and oxygen atoms in total. The highest BCUT2D eigenvalue weighted by Gasteiger charge is 2.33. The summed E-state index contributed by atoms with van der Waals surface area (Å²) < 4.78 is 0. The number of benzene rings is 3. The van der Waals surface area contributed by atoms with E-state index >= 15 is 0 Å². The molecule has 3 rings (SSSR count). The third kappa shape index (κ3) is 4.03. The van der Waals surface area contributed by atoms with E-state index in [0.717, 1.165) is 22.3 Å². The first-order valence-corrected chi connectivity index (χ1v) is 11.8. The number of carboxylic acids is 1. The van der Waals surface area contributed by atoms with E-state index in [-0.39, 0.29) is 6.71 Å².